The molecule has 3 nitrogen and oxygen atoms in total. The zero-order valence-electron chi connectivity index (χ0n) is 11.9. The van der Waals surface area contributed by atoms with E-state index in [1.54, 1.807) is 0 Å². The summed E-state index contributed by atoms with van der Waals surface area (Å²) in [5.74, 6) is 0. The Bertz CT molecular complexity index is 680. The smallest absolute Gasteiger partial charge is 0.178 e. The number of likely N-dealkylation sites (tertiary alicyclic amines) is 1. The number of hydrogen-bond acceptors (Lipinski definition) is 2. The number of fused-ring (bicyclic) bond motifs is 1. The van der Waals surface area contributed by atoms with E-state index in [0.29, 0.717) is 5.41 Å². The Morgan fingerprint density at radius 3 is 2.75 bits per heavy atom. The van der Waals surface area contributed by atoms with Crippen LogP contribution >= 0.6 is 23.8 Å². The van der Waals surface area contributed by atoms with Gasteiger partial charge < -0.3 is 14.5 Å². The predicted molar refractivity (Wildman–Crippen MR) is 87.0 cm³/mol. The second-order valence-electron chi connectivity index (χ2n) is 6.27. The fourth-order valence-electron chi connectivity index (χ4n) is 3.02. The number of nitrogens with one attached hydrogen (secondary N) is 1. The van der Waals surface area contributed by atoms with Crippen molar-refractivity contribution in [3.63, 3.8) is 0 Å². The highest BCUT2D eigenvalue weighted by Gasteiger charge is 2.30. The molecule has 0 amide bonds. The number of hydrogen-bond donors (Lipinski definition) is 1. The van der Waals surface area contributed by atoms with Gasteiger partial charge in [-0.05, 0) is 62.7 Å². The monoisotopic (exact) mass is 309 g/mol. The van der Waals surface area contributed by atoms with Gasteiger partial charge in [-0.15, -0.1) is 0 Å². The zero-order valence-corrected chi connectivity index (χ0v) is 13.5. The van der Waals surface area contributed by atoms with Crippen molar-refractivity contribution in [1.29, 1.82) is 0 Å². The van der Waals surface area contributed by atoms with Crippen molar-refractivity contribution in [2.45, 2.75) is 26.3 Å². The summed E-state index contributed by atoms with van der Waals surface area (Å²) in [5.41, 5.74) is 2.36. The standard InChI is InChI=1S/C15H20ClN3S/c1-15(6-8-18(2)9-7-15)10-19-13-11(16)4-3-5-12(13)17-14(19)20/h3-5H,6-10H2,1-2H3,(H,17,20). The summed E-state index contributed by atoms with van der Waals surface area (Å²) < 4.78 is 2.95. The molecule has 0 bridgehead atoms. The van der Waals surface area contributed by atoms with Crippen molar-refractivity contribution in [3.8, 4) is 0 Å². The Balaban J connectivity index is 1.99. The maximum atomic E-state index is 6.37. The predicted octanol–water partition coefficient (Wildman–Crippen LogP) is 4.08. The second kappa shape index (κ2) is 5.17. The summed E-state index contributed by atoms with van der Waals surface area (Å²) in [5, 5.41) is 0.770. The average Bonchev–Trinajstić information content (AvgIpc) is 2.71. The number of piperidine rings is 1. The summed E-state index contributed by atoms with van der Waals surface area (Å²) in [6.45, 7) is 5.60. The Morgan fingerprint density at radius 1 is 1.35 bits per heavy atom. The van der Waals surface area contributed by atoms with Crippen LogP contribution in [-0.2, 0) is 6.54 Å². The molecule has 0 atom stereocenters. The van der Waals surface area contributed by atoms with Gasteiger partial charge in [0.1, 0.15) is 0 Å². The van der Waals surface area contributed by atoms with E-state index >= 15 is 0 Å². The molecule has 1 aromatic heterocycles. The molecule has 1 aromatic carbocycles. The maximum absolute atomic E-state index is 6.37. The number of nitrogens with zero attached hydrogens (tertiary/aromatic N) is 2. The summed E-state index contributed by atoms with van der Waals surface area (Å²) >= 11 is 11.9. The van der Waals surface area contributed by atoms with Gasteiger partial charge in [0.15, 0.2) is 4.77 Å². The molecule has 1 saturated heterocycles. The van der Waals surface area contributed by atoms with Crippen LogP contribution in [0.5, 0.6) is 0 Å². The first kappa shape index (κ1) is 14.1. The highest BCUT2D eigenvalue weighted by atomic mass is 35.5. The van der Waals surface area contributed by atoms with Crippen molar-refractivity contribution in [1.82, 2.24) is 14.5 Å². The van der Waals surface area contributed by atoms with E-state index in [-0.39, 0.29) is 0 Å². The average molecular weight is 310 g/mol. The highest BCUT2D eigenvalue weighted by Crippen LogP contribution is 2.34. The van der Waals surface area contributed by atoms with E-state index in [0.717, 1.165) is 40.5 Å². The Hall–Kier alpha value is -0.840. The quantitative estimate of drug-likeness (QED) is 0.845. The third kappa shape index (κ3) is 2.52. The molecule has 3 rings (SSSR count). The number of benzene rings is 1. The minimum atomic E-state index is 0.291. The molecule has 0 spiro atoms. The van der Waals surface area contributed by atoms with Crippen LogP contribution < -0.4 is 0 Å². The molecule has 1 fully saturated rings. The van der Waals surface area contributed by atoms with Gasteiger partial charge in [0.05, 0.1) is 16.1 Å². The molecular weight excluding hydrogens is 290 g/mol. The van der Waals surface area contributed by atoms with Gasteiger partial charge >= 0.3 is 0 Å². The molecule has 0 aliphatic carbocycles. The molecule has 1 aliphatic heterocycles. The number of rotatable bonds is 2. The second-order valence-corrected chi connectivity index (χ2v) is 7.06. The van der Waals surface area contributed by atoms with Gasteiger partial charge in [-0.3, -0.25) is 0 Å². The highest BCUT2D eigenvalue weighted by molar-refractivity contribution is 7.71. The Labute approximate surface area is 129 Å². The molecular formula is C15H20ClN3S. The van der Waals surface area contributed by atoms with Crippen LogP contribution in [0, 0.1) is 10.2 Å². The lowest BCUT2D eigenvalue weighted by molar-refractivity contribution is 0.121. The van der Waals surface area contributed by atoms with Gasteiger partial charge in [-0.1, -0.05) is 24.6 Å². The van der Waals surface area contributed by atoms with Crippen molar-refractivity contribution in [2.75, 3.05) is 20.1 Å². The fourth-order valence-corrected chi connectivity index (χ4v) is 3.57. The van der Waals surface area contributed by atoms with E-state index in [1.165, 1.54) is 12.8 Å². The van der Waals surface area contributed by atoms with Gasteiger partial charge in [0.2, 0.25) is 0 Å². The first-order chi connectivity index (χ1) is 9.48. The largest absolute Gasteiger partial charge is 0.331 e. The third-order valence-electron chi connectivity index (χ3n) is 4.48. The number of aromatic amines is 1. The van der Waals surface area contributed by atoms with E-state index < -0.39 is 0 Å². The van der Waals surface area contributed by atoms with Crippen molar-refractivity contribution >= 4 is 34.9 Å². The minimum Gasteiger partial charge on any atom is -0.331 e. The Kier molecular flexibility index (Phi) is 3.65. The van der Waals surface area contributed by atoms with Crippen LogP contribution in [0.25, 0.3) is 11.0 Å². The summed E-state index contributed by atoms with van der Waals surface area (Å²) in [4.78, 5) is 5.66. The molecule has 1 aliphatic rings. The van der Waals surface area contributed by atoms with Crippen LogP contribution in [0.3, 0.4) is 0 Å². The van der Waals surface area contributed by atoms with E-state index in [4.69, 9.17) is 23.8 Å². The normalized spacial score (nSPS) is 19.6. The fraction of sp³-hybridized carbons (Fsp3) is 0.533. The van der Waals surface area contributed by atoms with Gasteiger partial charge in [-0.25, -0.2) is 0 Å². The molecule has 20 heavy (non-hydrogen) atoms. The van der Waals surface area contributed by atoms with Crippen molar-refractivity contribution in [3.05, 3.63) is 28.0 Å². The van der Waals surface area contributed by atoms with E-state index in [1.807, 2.05) is 18.2 Å². The number of aromatic nitrogens is 2. The van der Waals surface area contributed by atoms with Crippen molar-refractivity contribution < 1.29 is 0 Å². The lowest BCUT2D eigenvalue weighted by atomic mass is 9.80. The summed E-state index contributed by atoms with van der Waals surface area (Å²) in [6, 6.07) is 5.92. The first-order valence-electron chi connectivity index (χ1n) is 7.04. The number of imidazole rings is 1. The Morgan fingerprint density at radius 2 is 2.05 bits per heavy atom. The molecule has 0 saturated carbocycles. The van der Waals surface area contributed by atoms with Gasteiger partial charge in [-0.2, -0.15) is 0 Å². The van der Waals surface area contributed by atoms with Gasteiger partial charge in [0.25, 0.3) is 0 Å². The van der Waals surface area contributed by atoms with Gasteiger partial charge in [0, 0.05) is 6.54 Å². The topological polar surface area (TPSA) is 24.0 Å². The molecule has 108 valence electrons. The number of halogens is 1. The number of para-hydroxylation sites is 1. The lowest BCUT2D eigenvalue weighted by Gasteiger charge is -2.38. The molecule has 2 heterocycles. The molecule has 0 radical (unpaired) electrons. The SMILES string of the molecule is CN1CCC(C)(Cn2c(=S)[nH]c3cccc(Cl)c32)CC1. The summed E-state index contributed by atoms with van der Waals surface area (Å²) in [6.07, 6.45) is 2.39. The minimum absolute atomic E-state index is 0.291. The first-order valence-corrected chi connectivity index (χ1v) is 7.83. The van der Waals surface area contributed by atoms with Crippen LogP contribution in [0.2, 0.25) is 5.02 Å². The third-order valence-corrected chi connectivity index (χ3v) is 5.10. The van der Waals surface area contributed by atoms with Crippen molar-refractivity contribution in [2.24, 2.45) is 5.41 Å². The molecule has 0 unspecified atom stereocenters. The van der Waals surface area contributed by atoms with E-state index in [2.05, 4.69) is 28.4 Å². The lowest BCUT2D eigenvalue weighted by Crippen LogP contribution is -2.38. The van der Waals surface area contributed by atoms with E-state index in [9.17, 15) is 0 Å². The summed E-state index contributed by atoms with van der Waals surface area (Å²) in [7, 11) is 2.19. The number of H-pyrrole nitrogens is 1. The molecule has 5 heteroatoms. The van der Waals surface area contributed by atoms with Crippen LogP contribution in [-0.4, -0.2) is 34.6 Å². The van der Waals surface area contributed by atoms with Crippen LogP contribution in [0.1, 0.15) is 19.8 Å². The van der Waals surface area contributed by atoms with Crippen LogP contribution in [0.4, 0.5) is 0 Å². The van der Waals surface area contributed by atoms with Crippen LogP contribution in [0.15, 0.2) is 18.2 Å². The maximum Gasteiger partial charge on any atom is 0.178 e. The zero-order chi connectivity index (χ0) is 14.3. The molecule has 1 N–H and O–H groups in total. The molecule has 2 aromatic rings.